The molecule has 0 saturated carbocycles. The number of rotatable bonds is 4. The first kappa shape index (κ1) is 13.5. The zero-order valence-corrected chi connectivity index (χ0v) is 12.6. The summed E-state index contributed by atoms with van der Waals surface area (Å²) in [6.45, 7) is 0.225. The number of hydrogen-bond donors (Lipinski definition) is 1. The lowest BCUT2D eigenvalue weighted by Crippen LogP contribution is -2.03. The predicted octanol–water partition coefficient (Wildman–Crippen LogP) is 2.58. The van der Waals surface area contributed by atoms with Crippen LogP contribution in [0.25, 0.3) is 0 Å². The lowest BCUT2D eigenvalue weighted by molar-refractivity contribution is 0.165. The largest absolute Gasteiger partial charge is 0.454 e. The highest BCUT2D eigenvalue weighted by atomic mass is 79.9. The van der Waals surface area contributed by atoms with Gasteiger partial charge in [-0.1, -0.05) is 0 Å². The van der Waals surface area contributed by atoms with Crippen molar-refractivity contribution >= 4 is 15.9 Å². The third kappa shape index (κ3) is 2.53. The van der Waals surface area contributed by atoms with E-state index in [1.165, 1.54) is 0 Å². The Morgan fingerprint density at radius 3 is 3.05 bits per heavy atom. The number of ether oxygens (including phenoxy) is 2. The van der Waals surface area contributed by atoms with Crippen LogP contribution in [0.3, 0.4) is 0 Å². The molecule has 0 spiro atoms. The molecule has 1 aromatic heterocycles. The van der Waals surface area contributed by atoms with Gasteiger partial charge in [0, 0.05) is 18.9 Å². The van der Waals surface area contributed by atoms with Crippen LogP contribution in [0.4, 0.5) is 0 Å². The van der Waals surface area contributed by atoms with E-state index in [4.69, 9.17) is 9.47 Å². The second-order valence-electron chi connectivity index (χ2n) is 4.74. The molecule has 3 rings (SSSR count). The Kier molecular flexibility index (Phi) is 3.67. The molecule has 1 N–H and O–H groups in total. The van der Waals surface area contributed by atoms with Gasteiger partial charge in [-0.2, -0.15) is 5.10 Å². The van der Waals surface area contributed by atoms with Gasteiger partial charge in [0.1, 0.15) is 0 Å². The Morgan fingerprint density at radius 2 is 2.30 bits per heavy atom. The van der Waals surface area contributed by atoms with Crippen LogP contribution in [-0.2, 0) is 13.5 Å². The first-order chi connectivity index (χ1) is 9.65. The zero-order chi connectivity index (χ0) is 14.1. The minimum Gasteiger partial charge on any atom is -0.454 e. The van der Waals surface area contributed by atoms with E-state index < -0.39 is 6.10 Å². The molecule has 1 atom stereocenters. The summed E-state index contributed by atoms with van der Waals surface area (Å²) in [5.41, 5.74) is 1.92. The van der Waals surface area contributed by atoms with Crippen LogP contribution in [0.2, 0.25) is 0 Å². The number of aromatic nitrogens is 2. The fraction of sp³-hybridized carbons (Fsp3) is 0.357. The lowest BCUT2D eigenvalue weighted by atomic mass is 10.0. The maximum Gasteiger partial charge on any atom is 0.231 e. The summed E-state index contributed by atoms with van der Waals surface area (Å²) in [6, 6.07) is 5.67. The number of nitrogens with zero attached hydrogens (tertiary/aromatic N) is 2. The van der Waals surface area contributed by atoms with Crippen LogP contribution in [0, 0.1) is 0 Å². The molecule has 1 unspecified atom stereocenters. The molecule has 0 aliphatic carbocycles. The normalized spacial score (nSPS) is 14.6. The van der Waals surface area contributed by atoms with Gasteiger partial charge in [0.25, 0.3) is 0 Å². The maximum atomic E-state index is 10.3. The van der Waals surface area contributed by atoms with Crippen molar-refractivity contribution < 1.29 is 14.6 Å². The topological polar surface area (TPSA) is 56.5 Å². The van der Waals surface area contributed by atoms with Crippen molar-refractivity contribution in [2.24, 2.45) is 7.05 Å². The molecule has 20 heavy (non-hydrogen) atoms. The quantitative estimate of drug-likeness (QED) is 0.930. The van der Waals surface area contributed by atoms with E-state index in [0.717, 1.165) is 22.2 Å². The van der Waals surface area contributed by atoms with Crippen LogP contribution in [-0.4, -0.2) is 21.7 Å². The molecule has 5 nitrogen and oxygen atoms in total. The van der Waals surface area contributed by atoms with Gasteiger partial charge >= 0.3 is 0 Å². The molecular weight excluding hydrogens is 324 g/mol. The molecule has 106 valence electrons. The van der Waals surface area contributed by atoms with Crippen molar-refractivity contribution in [3.63, 3.8) is 0 Å². The summed E-state index contributed by atoms with van der Waals surface area (Å²) >= 11 is 3.44. The number of benzene rings is 1. The molecule has 2 aromatic rings. The van der Waals surface area contributed by atoms with Gasteiger partial charge in [-0.05, 0) is 52.5 Å². The van der Waals surface area contributed by atoms with Crippen LogP contribution in [0.1, 0.15) is 23.8 Å². The summed E-state index contributed by atoms with van der Waals surface area (Å²) in [5, 5.41) is 14.4. The van der Waals surface area contributed by atoms with Crippen LogP contribution < -0.4 is 9.47 Å². The number of hydrogen-bond acceptors (Lipinski definition) is 4. The monoisotopic (exact) mass is 338 g/mol. The maximum absolute atomic E-state index is 10.3. The Labute approximate surface area is 125 Å². The Morgan fingerprint density at radius 1 is 1.45 bits per heavy atom. The van der Waals surface area contributed by atoms with E-state index >= 15 is 0 Å². The molecule has 1 aliphatic heterocycles. The van der Waals surface area contributed by atoms with Crippen molar-refractivity contribution in [2.75, 3.05) is 6.79 Å². The smallest absolute Gasteiger partial charge is 0.231 e. The number of halogens is 1. The molecule has 0 fully saturated rings. The first-order valence-electron chi connectivity index (χ1n) is 6.39. The highest BCUT2D eigenvalue weighted by molar-refractivity contribution is 9.10. The summed E-state index contributed by atoms with van der Waals surface area (Å²) in [7, 11) is 1.90. The van der Waals surface area contributed by atoms with E-state index in [0.29, 0.717) is 17.9 Å². The number of aliphatic hydroxyl groups excluding tert-OH is 1. The Hall–Kier alpha value is -1.53. The SMILES string of the molecule is Cn1nccc1CCC(O)c1cc(Br)c2c(c1)OCO2. The van der Waals surface area contributed by atoms with Crippen LogP contribution >= 0.6 is 15.9 Å². The lowest BCUT2D eigenvalue weighted by Gasteiger charge is -2.12. The second-order valence-corrected chi connectivity index (χ2v) is 5.59. The summed E-state index contributed by atoms with van der Waals surface area (Å²) in [6.07, 6.45) is 2.62. The molecule has 0 amide bonds. The molecule has 2 heterocycles. The third-order valence-electron chi connectivity index (χ3n) is 3.43. The van der Waals surface area contributed by atoms with E-state index in [1.54, 1.807) is 6.20 Å². The van der Waals surface area contributed by atoms with Crippen molar-refractivity contribution in [1.29, 1.82) is 0 Å². The molecule has 0 radical (unpaired) electrons. The second kappa shape index (κ2) is 5.46. The van der Waals surface area contributed by atoms with Gasteiger partial charge in [0.2, 0.25) is 6.79 Å². The van der Waals surface area contributed by atoms with E-state index in [-0.39, 0.29) is 6.79 Å². The van der Waals surface area contributed by atoms with Crippen molar-refractivity contribution in [1.82, 2.24) is 9.78 Å². The highest BCUT2D eigenvalue weighted by Crippen LogP contribution is 2.41. The number of aliphatic hydroxyl groups is 1. The van der Waals surface area contributed by atoms with Gasteiger partial charge in [0.05, 0.1) is 10.6 Å². The fourth-order valence-corrected chi connectivity index (χ4v) is 2.85. The third-order valence-corrected chi connectivity index (χ3v) is 4.02. The van der Waals surface area contributed by atoms with Crippen LogP contribution in [0.15, 0.2) is 28.9 Å². The zero-order valence-electron chi connectivity index (χ0n) is 11.0. The molecule has 0 saturated heterocycles. The van der Waals surface area contributed by atoms with E-state index in [9.17, 15) is 5.11 Å². The van der Waals surface area contributed by atoms with E-state index in [2.05, 4.69) is 21.0 Å². The number of aryl methyl sites for hydroxylation is 2. The predicted molar refractivity (Wildman–Crippen MR) is 76.8 cm³/mol. The number of fused-ring (bicyclic) bond motifs is 1. The first-order valence-corrected chi connectivity index (χ1v) is 7.18. The minimum absolute atomic E-state index is 0.225. The Balaban J connectivity index is 1.73. The van der Waals surface area contributed by atoms with Gasteiger partial charge in [-0.15, -0.1) is 0 Å². The van der Waals surface area contributed by atoms with Crippen LogP contribution in [0.5, 0.6) is 11.5 Å². The molecule has 6 heteroatoms. The van der Waals surface area contributed by atoms with Crippen molar-refractivity contribution in [3.05, 3.63) is 40.1 Å². The average Bonchev–Trinajstić information content (AvgIpc) is 3.05. The van der Waals surface area contributed by atoms with Gasteiger partial charge in [-0.3, -0.25) is 4.68 Å². The van der Waals surface area contributed by atoms with Gasteiger partial charge < -0.3 is 14.6 Å². The average molecular weight is 339 g/mol. The molecule has 1 aliphatic rings. The highest BCUT2D eigenvalue weighted by Gasteiger charge is 2.20. The Bertz CT molecular complexity index is 627. The standard InChI is InChI=1S/C14H15BrN2O3/c1-17-10(4-5-16-17)2-3-12(18)9-6-11(15)14-13(7-9)19-8-20-14/h4-7,12,18H,2-3,8H2,1H3. The van der Waals surface area contributed by atoms with Gasteiger partial charge in [-0.25, -0.2) is 0 Å². The fourth-order valence-electron chi connectivity index (χ4n) is 2.28. The van der Waals surface area contributed by atoms with Gasteiger partial charge in [0.15, 0.2) is 11.5 Å². The summed E-state index contributed by atoms with van der Waals surface area (Å²) in [4.78, 5) is 0. The summed E-state index contributed by atoms with van der Waals surface area (Å²) in [5.74, 6) is 1.38. The minimum atomic E-state index is -0.546. The molecular formula is C14H15BrN2O3. The van der Waals surface area contributed by atoms with Crippen molar-refractivity contribution in [2.45, 2.75) is 18.9 Å². The van der Waals surface area contributed by atoms with Crippen molar-refractivity contribution in [3.8, 4) is 11.5 Å². The van der Waals surface area contributed by atoms with E-state index in [1.807, 2.05) is 29.9 Å². The molecule has 1 aromatic carbocycles. The molecule has 0 bridgehead atoms. The summed E-state index contributed by atoms with van der Waals surface area (Å²) < 4.78 is 13.3.